The third-order valence-corrected chi connectivity index (χ3v) is 3.10. The van der Waals surface area contributed by atoms with Crippen molar-refractivity contribution < 1.29 is 4.79 Å². The van der Waals surface area contributed by atoms with Crippen molar-refractivity contribution in [1.29, 1.82) is 0 Å². The molecule has 18 heavy (non-hydrogen) atoms. The van der Waals surface area contributed by atoms with Gasteiger partial charge in [-0.1, -0.05) is 30.8 Å². The van der Waals surface area contributed by atoms with Gasteiger partial charge in [0, 0.05) is 35.6 Å². The molecule has 1 aromatic heterocycles. The van der Waals surface area contributed by atoms with Gasteiger partial charge in [-0.2, -0.15) is 0 Å². The van der Waals surface area contributed by atoms with Gasteiger partial charge in [0.1, 0.15) is 0 Å². The van der Waals surface area contributed by atoms with Gasteiger partial charge >= 0.3 is 6.03 Å². The van der Waals surface area contributed by atoms with Crippen molar-refractivity contribution in [2.24, 2.45) is 0 Å². The molecule has 1 aliphatic rings. The Labute approximate surface area is 105 Å². The normalized spacial score (nSPS) is 15.9. The summed E-state index contributed by atoms with van der Waals surface area (Å²) in [4.78, 5) is 17.9. The lowest BCUT2D eigenvalue weighted by Crippen LogP contribution is -2.45. The Morgan fingerprint density at radius 3 is 2.94 bits per heavy atom. The van der Waals surface area contributed by atoms with Crippen LogP contribution < -0.4 is 10.2 Å². The van der Waals surface area contributed by atoms with E-state index in [2.05, 4.69) is 16.9 Å². The number of hydrogen-bond donors (Lipinski definition) is 1. The van der Waals surface area contributed by atoms with Crippen LogP contribution in [0.3, 0.4) is 0 Å². The molecule has 1 fully saturated rings. The Hall–Kier alpha value is -2.36. The van der Waals surface area contributed by atoms with E-state index in [9.17, 15) is 4.79 Å². The average Bonchev–Trinajstić information content (AvgIpc) is 2.38. The highest BCUT2D eigenvalue weighted by molar-refractivity contribution is 6.03. The fourth-order valence-electron chi connectivity index (χ4n) is 2.18. The number of pyridine rings is 1. The van der Waals surface area contributed by atoms with Crippen molar-refractivity contribution in [3.63, 3.8) is 0 Å². The first kappa shape index (κ1) is 10.8. The molecule has 1 aromatic carbocycles. The quantitative estimate of drug-likeness (QED) is 0.831. The van der Waals surface area contributed by atoms with E-state index in [1.165, 1.54) is 0 Å². The van der Waals surface area contributed by atoms with Gasteiger partial charge in [0.05, 0.1) is 11.9 Å². The number of fused-ring (bicyclic) bond motifs is 1. The lowest BCUT2D eigenvalue weighted by Gasteiger charge is -2.29. The summed E-state index contributed by atoms with van der Waals surface area (Å²) in [5.41, 5.74) is 1.61. The number of carbonyl (C=O) groups excluding carboxylic acids is 1. The minimum absolute atomic E-state index is 0.135. The van der Waals surface area contributed by atoms with Gasteiger partial charge in [-0.05, 0) is 0 Å². The lowest BCUT2D eigenvalue weighted by molar-refractivity contribution is 0.246. The summed E-state index contributed by atoms with van der Waals surface area (Å²) in [6.07, 6.45) is 4.30. The van der Waals surface area contributed by atoms with Gasteiger partial charge in [-0.25, -0.2) is 4.79 Å². The van der Waals surface area contributed by atoms with E-state index in [1.54, 1.807) is 17.3 Å². The van der Waals surface area contributed by atoms with E-state index in [4.69, 9.17) is 0 Å². The Balaban J connectivity index is 2.09. The Morgan fingerprint density at radius 2 is 2.11 bits per heavy atom. The van der Waals surface area contributed by atoms with Crippen LogP contribution in [0, 0.1) is 0 Å². The number of nitrogens with zero attached hydrogens (tertiary/aromatic N) is 2. The fraction of sp³-hybridized carbons (Fsp3) is 0.143. The van der Waals surface area contributed by atoms with Crippen molar-refractivity contribution in [2.75, 3.05) is 11.4 Å². The topological polar surface area (TPSA) is 45.2 Å². The highest BCUT2D eigenvalue weighted by Crippen LogP contribution is 2.27. The van der Waals surface area contributed by atoms with Crippen molar-refractivity contribution >= 4 is 22.5 Å². The van der Waals surface area contributed by atoms with Crippen LogP contribution >= 0.6 is 0 Å². The van der Waals surface area contributed by atoms with Gasteiger partial charge in [0.25, 0.3) is 0 Å². The lowest BCUT2D eigenvalue weighted by atomic mass is 10.1. The van der Waals surface area contributed by atoms with Crippen LogP contribution in [0.2, 0.25) is 0 Å². The molecule has 0 unspecified atom stereocenters. The molecule has 4 nitrogen and oxygen atoms in total. The molecule has 0 atom stereocenters. The summed E-state index contributed by atoms with van der Waals surface area (Å²) >= 11 is 0. The van der Waals surface area contributed by atoms with E-state index in [0.29, 0.717) is 6.54 Å². The standard InChI is InChI=1S/C14H13N3O/c1-10-6-7-17(14(18)16-10)13-9-15-8-11-4-2-3-5-12(11)13/h2-5,8-9H,1,6-7H2,(H,16,18). The number of hydrogen-bond acceptors (Lipinski definition) is 2. The number of anilines is 1. The molecule has 1 aliphatic heterocycles. The van der Waals surface area contributed by atoms with Crippen LogP contribution in [0.4, 0.5) is 10.5 Å². The maximum atomic E-state index is 12.0. The number of benzene rings is 1. The van der Waals surface area contributed by atoms with Crippen LogP contribution in [0.5, 0.6) is 0 Å². The summed E-state index contributed by atoms with van der Waals surface area (Å²) in [6.45, 7) is 4.42. The third-order valence-electron chi connectivity index (χ3n) is 3.10. The number of carbonyl (C=O) groups is 1. The number of nitrogens with one attached hydrogen (secondary N) is 1. The van der Waals surface area contributed by atoms with Crippen LogP contribution in [0.25, 0.3) is 10.8 Å². The highest BCUT2D eigenvalue weighted by Gasteiger charge is 2.22. The monoisotopic (exact) mass is 239 g/mol. The molecule has 2 amide bonds. The third kappa shape index (κ3) is 1.72. The zero-order valence-electron chi connectivity index (χ0n) is 9.89. The first-order valence-electron chi connectivity index (χ1n) is 5.85. The first-order chi connectivity index (χ1) is 8.75. The fourth-order valence-corrected chi connectivity index (χ4v) is 2.18. The van der Waals surface area contributed by atoms with Gasteiger partial charge in [0.2, 0.25) is 0 Å². The zero-order chi connectivity index (χ0) is 12.5. The predicted octanol–water partition coefficient (Wildman–Crippen LogP) is 2.67. The van der Waals surface area contributed by atoms with Crippen molar-refractivity contribution in [3.8, 4) is 0 Å². The number of aromatic nitrogens is 1. The smallest absolute Gasteiger partial charge is 0.312 e. The molecule has 0 saturated carbocycles. The second-order valence-electron chi connectivity index (χ2n) is 4.32. The SMILES string of the molecule is C=C1CCN(c2cncc3ccccc23)C(=O)N1. The van der Waals surface area contributed by atoms with E-state index in [1.807, 2.05) is 24.3 Å². The molecule has 0 aliphatic carbocycles. The van der Waals surface area contributed by atoms with Crippen LogP contribution in [-0.2, 0) is 0 Å². The summed E-state index contributed by atoms with van der Waals surface area (Å²) < 4.78 is 0. The second kappa shape index (κ2) is 4.14. The summed E-state index contributed by atoms with van der Waals surface area (Å²) in [6, 6.07) is 7.79. The minimum atomic E-state index is -0.135. The summed E-state index contributed by atoms with van der Waals surface area (Å²) in [7, 11) is 0. The number of urea groups is 1. The summed E-state index contributed by atoms with van der Waals surface area (Å²) in [5, 5.41) is 4.83. The highest BCUT2D eigenvalue weighted by atomic mass is 16.2. The van der Waals surface area contributed by atoms with Crippen LogP contribution in [0.1, 0.15) is 6.42 Å². The molecule has 1 saturated heterocycles. The number of amides is 2. The molecule has 0 spiro atoms. The first-order valence-corrected chi connectivity index (χ1v) is 5.85. The molecular formula is C14H13N3O. The molecule has 0 radical (unpaired) electrons. The van der Waals surface area contributed by atoms with Gasteiger partial charge in [0.15, 0.2) is 0 Å². The zero-order valence-corrected chi connectivity index (χ0v) is 9.89. The van der Waals surface area contributed by atoms with Crippen LogP contribution in [-0.4, -0.2) is 17.6 Å². The van der Waals surface area contributed by atoms with Gasteiger partial charge in [-0.15, -0.1) is 0 Å². The number of rotatable bonds is 1. The van der Waals surface area contributed by atoms with Crippen molar-refractivity contribution in [1.82, 2.24) is 10.3 Å². The maximum absolute atomic E-state index is 12.0. The Bertz CT molecular complexity index is 630. The molecule has 2 aromatic rings. The molecule has 3 rings (SSSR count). The predicted molar refractivity (Wildman–Crippen MR) is 71.4 cm³/mol. The van der Waals surface area contributed by atoms with Gasteiger partial charge in [-0.3, -0.25) is 9.88 Å². The van der Waals surface area contributed by atoms with E-state index in [0.717, 1.165) is 28.6 Å². The van der Waals surface area contributed by atoms with Gasteiger partial charge < -0.3 is 5.32 Å². The Kier molecular flexibility index (Phi) is 2.48. The molecule has 1 N–H and O–H groups in total. The average molecular weight is 239 g/mol. The summed E-state index contributed by atoms with van der Waals surface area (Å²) in [5.74, 6) is 0. The van der Waals surface area contributed by atoms with Crippen LogP contribution in [0.15, 0.2) is 48.9 Å². The van der Waals surface area contributed by atoms with E-state index < -0.39 is 0 Å². The maximum Gasteiger partial charge on any atom is 0.326 e. The molecular weight excluding hydrogens is 226 g/mol. The molecule has 4 heteroatoms. The van der Waals surface area contributed by atoms with Crippen molar-refractivity contribution in [2.45, 2.75) is 6.42 Å². The van der Waals surface area contributed by atoms with E-state index in [-0.39, 0.29) is 6.03 Å². The molecule has 0 bridgehead atoms. The Morgan fingerprint density at radius 1 is 1.28 bits per heavy atom. The van der Waals surface area contributed by atoms with Crippen molar-refractivity contribution in [3.05, 3.63) is 48.9 Å². The minimum Gasteiger partial charge on any atom is -0.312 e. The molecule has 90 valence electrons. The second-order valence-corrected chi connectivity index (χ2v) is 4.32. The molecule has 2 heterocycles. The van der Waals surface area contributed by atoms with E-state index >= 15 is 0 Å². The largest absolute Gasteiger partial charge is 0.326 e.